The zero-order chi connectivity index (χ0) is 9.97. The van der Waals surface area contributed by atoms with Gasteiger partial charge in [0.05, 0.1) is 18.4 Å². The van der Waals surface area contributed by atoms with E-state index in [4.69, 9.17) is 4.74 Å². The van der Waals surface area contributed by atoms with E-state index in [0.717, 1.165) is 0 Å². The fourth-order valence-corrected chi connectivity index (χ4v) is 1.04. The van der Waals surface area contributed by atoms with Crippen LogP contribution in [0, 0.1) is 0 Å². The van der Waals surface area contributed by atoms with Gasteiger partial charge in [-0.3, -0.25) is 0 Å². The van der Waals surface area contributed by atoms with E-state index >= 15 is 0 Å². The smallest absolute Gasteiger partial charge is 0.341 e. The molecule has 72 valence electrons. The molecule has 6 heteroatoms. The highest BCUT2D eigenvalue weighted by Crippen LogP contribution is 2.01. The molecule has 0 aliphatic rings. The van der Waals surface area contributed by atoms with Gasteiger partial charge >= 0.3 is 5.97 Å². The van der Waals surface area contributed by atoms with Gasteiger partial charge in [0.2, 0.25) is 0 Å². The summed E-state index contributed by atoms with van der Waals surface area (Å²) in [6, 6.07) is 0. The summed E-state index contributed by atoms with van der Waals surface area (Å²) in [4.78, 5) is 15.3. The Labute approximate surface area is 79.5 Å². The number of fused-ring (bicyclic) bond motifs is 1. The first-order chi connectivity index (χ1) is 6.81. The lowest BCUT2D eigenvalue weighted by Gasteiger charge is -2.00. The van der Waals surface area contributed by atoms with Gasteiger partial charge in [-0.15, -0.1) is 5.10 Å². The Hall–Kier alpha value is -1.98. The van der Waals surface area contributed by atoms with Crippen molar-refractivity contribution in [2.75, 3.05) is 6.61 Å². The number of rotatable bonds is 2. The molecule has 2 heterocycles. The van der Waals surface area contributed by atoms with Crippen molar-refractivity contribution in [2.45, 2.75) is 6.92 Å². The van der Waals surface area contributed by atoms with Crippen LogP contribution in [-0.2, 0) is 4.74 Å². The zero-order valence-electron chi connectivity index (χ0n) is 7.54. The lowest BCUT2D eigenvalue weighted by Crippen LogP contribution is -2.06. The van der Waals surface area contributed by atoms with Crippen LogP contribution < -0.4 is 0 Å². The lowest BCUT2D eigenvalue weighted by atomic mass is 10.3. The number of aromatic nitrogens is 4. The molecule has 0 radical (unpaired) electrons. The van der Waals surface area contributed by atoms with E-state index in [-0.39, 0.29) is 0 Å². The van der Waals surface area contributed by atoms with Crippen LogP contribution >= 0.6 is 0 Å². The number of hydrogen-bond donors (Lipinski definition) is 0. The van der Waals surface area contributed by atoms with E-state index in [9.17, 15) is 4.79 Å². The highest BCUT2D eigenvalue weighted by molar-refractivity contribution is 5.88. The number of carbonyl (C=O) groups is 1. The van der Waals surface area contributed by atoms with Crippen LogP contribution in [0.2, 0.25) is 0 Å². The molecular formula is C8H8N4O2. The van der Waals surface area contributed by atoms with Crippen molar-refractivity contribution in [1.82, 2.24) is 19.8 Å². The summed E-state index contributed by atoms with van der Waals surface area (Å²) >= 11 is 0. The fourth-order valence-electron chi connectivity index (χ4n) is 1.04. The first-order valence-corrected chi connectivity index (χ1v) is 4.14. The highest BCUT2D eigenvalue weighted by atomic mass is 16.5. The summed E-state index contributed by atoms with van der Waals surface area (Å²) in [5.41, 5.74) is 0.961. The Bertz CT molecular complexity index is 465. The van der Waals surface area contributed by atoms with Gasteiger partial charge in [-0.2, -0.15) is 0 Å². The van der Waals surface area contributed by atoms with Crippen LogP contribution in [0.15, 0.2) is 18.6 Å². The van der Waals surface area contributed by atoms with Crippen molar-refractivity contribution in [3.63, 3.8) is 0 Å². The predicted molar refractivity (Wildman–Crippen MR) is 46.7 cm³/mol. The molecule has 0 unspecified atom stereocenters. The molecule has 0 N–H and O–H groups in total. The summed E-state index contributed by atoms with van der Waals surface area (Å²) in [6.45, 7) is 2.09. The second-order valence-electron chi connectivity index (χ2n) is 2.60. The average molecular weight is 192 g/mol. The first-order valence-electron chi connectivity index (χ1n) is 4.14. The molecule has 0 aliphatic carbocycles. The number of nitrogens with zero attached hydrogens (tertiary/aromatic N) is 4. The quantitative estimate of drug-likeness (QED) is 0.640. The minimum atomic E-state index is -0.405. The Kier molecular flexibility index (Phi) is 2.10. The van der Waals surface area contributed by atoms with Crippen LogP contribution in [0.25, 0.3) is 5.65 Å². The van der Waals surface area contributed by atoms with Crippen LogP contribution in [0.4, 0.5) is 0 Å². The van der Waals surface area contributed by atoms with Gasteiger partial charge in [-0.25, -0.2) is 14.3 Å². The average Bonchev–Trinajstić information content (AvgIpc) is 2.64. The van der Waals surface area contributed by atoms with Crippen molar-refractivity contribution in [3.05, 3.63) is 24.2 Å². The molecule has 2 aromatic rings. The summed E-state index contributed by atoms with van der Waals surface area (Å²) in [6.07, 6.45) is 4.49. The molecule has 0 fully saturated rings. The largest absolute Gasteiger partial charge is 0.462 e. The molecule has 0 amide bonds. The molecule has 0 aliphatic heterocycles. The Morgan fingerprint density at radius 1 is 1.57 bits per heavy atom. The van der Waals surface area contributed by atoms with Crippen LogP contribution in [0.3, 0.4) is 0 Å². The van der Waals surface area contributed by atoms with Gasteiger partial charge in [-0.1, -0.05) is 5.21 Å². The maximum absolute atomic E-state index is 11.3. The van der Waals surface area contributed by atoms with Crippen LogP contribution in [-0.4, -0.2) is 32.4 Å². The second-order valence-corrected chi connectivity index (χ2v) is 2.60. The van der Waals surface area contributed by atoms with E-state index in [0.29, 0.717) is 17.8 Å². The van der Waals surface area contributed by atoms with Gasteiger partial charge in [0, 0.05) is 12.4 Å². The second kappa shape index (κ2) is 3.41. The summed E-state index contributed by atoms with van der Waals surface area (Å²) in [5.74, 6) is -0.405. The number of carbonyl (C=O) groups excluding carboxylic acids is 1. The molecule has 0 spiro atoms. The summed E-state index contributed by atoms with van der Waals surface area (Å²) < 4.78 is 6.24. The van der Waals surface area contributed by atoms with Crippen molar-refractivity contribution in [3.8, 4) is 0 Å². The molecule has 6 nitrogen and oxygen atoms in total. The zero-order valence-corrected chi connectivity index (χ0v) is 7.54. The summed E-state index contributed by atoms with van der Waals surface area (Å²) in [5, 5.41) is 7.36. The molecular weight excluding hydrogens is 184 g/mol. The minimum absolute atomic E-state index is 0.341. The third-order valence-corrected chi connectivity index (χ3v) is 1.66. The van der Waals surface area contributed by atoms with E-state index in [1.165, 1.54) is 23.1 Å². The Morgan fingerprint density at radius 3 is 3.21 bits per heavy atom. The normalized spacial score (nSPS) is 10.4. The third kappa shape index (κ3) is 1.41. The Morgan fingerprint density at radius 2 is 2.43 bits per heavy atom. The molecule has 0 atom stereocenters. The standard InChI is InChI=1S/C8H8N4O2/c1-2-14-8(13)6-3-9-7-4-10-11-12(7)5-6/h3-5H,2H2,1H3. The topological polar surface area (TPSA) is 69.4 Å². The fraction of sp³-hybridized carbons (Fsp3) is 0.250. The highest BCUT2D eigenvalue weighted by Gasteiger charge is 2.08. The van der Waals surface area contributed by atoms with E-state index in [2.05, 4.69) is 15.3 Å². The maximum Gasteiger partial charge on any atom is 0.341 e. The molecule has 2 rings (SSSR count). The van der Waals surface area contributed by atoms with Gasteiger partial charge < -0.3 is 4.74 Å². The van der Waals surface area contributed by atoms with Crippen molar-refractivity contribution >= 4 is 11.6 Å². The maximum atomic E-state index is 11.3. The summed E-state index contributed by atoms with van der Waals surface area (Å²) in [7, 11) is 0. The van der Waals surface area contributed by atoms with Crippen LogP contribution in [0.1, 0.15) is 17.3 Å². The van der Waals surface area contributed by atoms with E-state index in [1.54, 1.807) is 6.92 Å². The third-order valence-electron chi connectivity index (χ3n) is 1.66. The van der Waals surface area contributed by atoms with Crippen molar-refractivity contribution in [2.24, 2.45) is 0 Å². The van der Waals surface area contributed by atoms with Crippen molar-refractivity contribution in [1.29, 1.82) is 0 Å². The minimum Gasteiger partial charge on any atom is -0.462 e. The SMILES string of the molecule is CCOC(=O)c1cnc2cnnn2c1. The van der Waals surface area contributed by atoms with E-state index < -0.39 is 5.97 Å². The molecule has 14 heavy (non-hydrogen) atoms. The van der Waals surface area contributed by atoms with Gasteiger partial charge in [-0.05, 0) is 6.92 Å². The molecule has 0 bridgehead atoms. The molecule has 2 aromatic heterocycles. The number of ether oxygens (including phenoxy) is 1. The Balaban J connectivity index is 2.38. The van der Waals surface area contributed by atoms with Crippen LogP contribution in [0.5, 0.6) is 0 Å². The number of esters is 1. The number of hydrogen-bond acceptors (Lipinski definition) is 5. The van der Waals surface area contributed by atoms with Crippen molar-refractivity contribution < 1.29 is 9.53 Å². The molecule has 0 aromatic carbocycles. The predicted octanol–water partition coefficient (Wildman–Crippen LogP) is 0.301. The monoisotopic (exact) mass is 192 g/mol. The first kappa shape index (κ1) is 8.61. The van der Waals surface area contributed by atoms with Gasteiger partial charge in [0.1, 0.15) is 0 Å². The lowest BCUT2D eigenvalue weighted by molar-refractivity contribution is 0.0525. The molecule has 0 saturated carbocycles. The van der Waals surface area contributed by atoms with Gasteiger partial charge in [0.25, 0.3) is 0 Å². The van der Waals surface area contributed by atoms with E-state index in [1.807, 2.05) is 0 Å². The molecule has 0 saturated heterocycles. The van der Waals surface area contributed by atoms with Gasteiger partial charge in [0.15, 0.2) is 5.65 Å².